The molecule has 1 aliphatic heterocycles. The fraction of sp³-hybridized carbons (Fsp3) is 0.375. The highest BCUT2D eigenvalue weighted by atomic mass is 32.2. The molecule has 0 saturated carbocycles. The Morgan fingerprint density at radius 1 is 1.13 bits per heavy atom. The Kier molecular flexibility index (Phi) is 6.55. The topological polar surface area (TPSA) is 61.9 Å². The van der Waals surface area contributed by atoms with Gasteiger partial charge in [-0.3, -0.25) is 9.69 Å². The molecule has 7 heteroatoms. The van der Waals surface area contributed by atoms with Crippen LogP contribution in [0.1, 0.15) is 28.6 Å². The maximum atomic E-state index is 13.7. The van der Waals surface area contributed by atoms with E-state index >= 15 is 0 Å². The van der Waals surface area contributed by atoms with Crippen molar-refractivity contribution in [3.63, 3.8) is 0 Å². The van der Waals surface area contributed by atoms with Crippen molar-refractivity contribution in [1.82, 2.24) is 14.4 Å². The number of aromatic hydroxyl groups is 1. The number of hydrogen-bond donors (Lipinski definition) is 1. The summed E-state index contributed by atoms with van der Waals surface area (Å²) in [6, 6.07) is 13.4. The number of benzene rings is 1. The van der Waals surface area contributed by atoms with Crippen LogP contribution in [0.5, 0.6) is 5.75 Å². The maximum absolute atomic E-state index is 13.7. The molecule has 0 amide bonds. The predicted octanol–water partition coefficient (Wildman–Crippen LogP) is 3.56. The fourth-order valence-corrected chi connectivity index (χ4v) is 4.62. The van der Waals surface area contributed by atoms with Crippen molar-refractivity contribution in [2.45, 2.75) is 24.4 Å². The zero-order chi connectivity index (χ0) is 22.0. The first-order valence-electron chi connectivity index (χ1n) is 10.5. The van der Waals surface area contributed by atoms with Gasteiger partial charge in [0.1, 0.15) is 11.5 Å². The van der Waals surface area contributed by atoms with Crippen molar-refractivity contribution in [2.24, 2.45) is 0 Å². The molecule has 0 bridgehead atoms. The Balaban J connectivity index is 1.82. The van der Waals surface area contributed by atoms with Gasteiger partial charge in [0, 0.05) is 36.8 Å². The van der Waals surface area contributed by atoms with Crippen molar-refractivity contribution >= 4 is 11.8 Å². The standard InChI is InChI=1S/C24H29N3O3S/c1-17-15-21(28)22(24(29)27(17)16-19-5-4-14-30-19)23(26-12-10-25(2)11-13-26)18-6-8-20(31-3)9-7-18/h4-9,14-15,23,28H,10-13,16H2,1-3H3. The highest BCUT2D eigenvalue weighted by Gasteiger charge is 2.31. The summed E-state index contributed by atoms with van der Waals surface area (Å²) in [4.78, 5) is 19.5. The van der Waals surface area contributed by atoms with Gasteiger partial charge in [0.05, 0.1) is 24.4 Å². The Morgan fingerprint density at radius 3 is 2.45 bits per heavy atom. The Hall–Kier alpha value is -2.48. The molecule has 1 aromatic carbocycles. The number of likely N-dealkylation sites (N-methyl/N-ethyl adjacent to an activating group) is 1. The smallest absolute Gasteiger partial charge is 0.260 e. The lowest BCUT2D eigenvalue weighted by Crippen LogP contribution is -2.47. The van der Waals surface area contributed by atoms with E-state index in [-0.39, 0.29) is 17.4 Å². The zero-order valence-corrected chi connectivity index (χ0v) is 19.1. The van der Waals surface area contributed by atoms with E-state index in [9.17, 15) is 9.90 Å². The highest BCUT2D eigenvalue weighted by Crippen LogP contribution is 2.34. The average molecular weight is 440 g/mol. The minimum Gasteiger partial charge on any atom is -0.507 e. The van der Waals surface area contributed by atoms with E-state index in [1.165, 1.54) is 4.90 Å². The third-order valence-corrected chi connectivity index (χ3v) is 6.77. The number of pyridine rings is 1. The number of rotatable bonds is 6. The summed E-state index contributed by atoms with van der Waals surface area (Å²) in [7, 11) is 2.11. The summed E-state index contributed by atoms with van der Waals surface area (Å²) >= 11 is 1.69. The second kappa shape index (κ2) is 9.34. The molecule has 3 aromatic rings. The van der Waals surface area contributed by atoms with Crippen LogP contribution in [0.15, 0.2) is 62.8 Å². The number of aryl methyl sites for hydroxylation is 1. The van der Waals surface area contributed by atoms with Gasteiger partial charge in [0.25, 0.3) is 5.56 Å². The van der Waals surface area contributed by atoms with Crippen LogP contribution in [0, 0.1) is 6.92 Å². The van der Waals surface area contributed by atoms with Crippen molar-refractivity contribution in [1.29, 1.82) is 0 Å². The lowest BCUT2D eigenvalue weighted by Gasteiger charge is -2.38. The maximum Gasteiger partial charge on any atom is 0.260 e. The van der Waals surface area contributed by atoms with E-state index in [0.717, 1.165) is 31.7 Å². The first kappa shape index (κ1) is 21.7. The molecular formula is C24H29N3O3S. The molecule has 0 spiro atoms. The molecule has 1 saturated heterocycles. The molecule has 4 rings (SSSR count). The van der Waals surface area contributed by atoms with Gasteiger partial charge in [0.2, 0.25) is 0 Å². The first-order chi connectivity index (χ1) is 15.0. The normalized spacial score (nSPS) is 16.5. The van der Waals surface area contributed by atoms with Crippen LogP contribution in [0.2, 0.25) is 0 Å². The van der Waals surface area contributed by atoms with Gasteiger partial charge >= 0.3 is 0 Å². The molecule has 1 fully saturated rings. The molecule has 6 nitrogen and oxygen atoms in total. The second-order valence-electron chi connectivity index (χ2n) is 8.07. The van der Waals surface area contributed by atoms with Crippen LogP contribution in [0.4, 0.5) is 0 Å². The fourth-order valence-electron chi connectivity index (χ4n) is 4.21. The number of hydrogen-bond acceptors (Lipinski definition) is 6. The summed E-state index contributed by atoms with van der Waals surface area (Å²) in [6.45, 7) is 5.68. The lowest BCUT2D eigenvalue weighted by molar-refractivity contribution is 0.125. The lowest BCUT2D eigenvalue weighted by atomic mass is 9.96. The summed E-state index contributed by atoms with van der Waals surface area (Å²) in [5.41, 5.74) is 1.98. The highest BCUT2D eigenvalue weighted by molar-refractivity contribution is 7.98. The molecule has 31 heavy (non-hydrogen) atoms. The van der Waals surface area contributed by atoms with E-state index in [1.807, 2.05) is 25.3 Å². The molecular weight excluding hydrogens is 410 g/mol. The van der Waals surface area contributed by atoms with Crippen LogP contribution in [0.25, 0.3) is 0 Å². The van der Waals surface area contributed by atoms with E-state index < -0.39 is 0 Å². The molecule has 1 atom stereocenters. The van der Waals surface area contributed by atoms with Crippen LogP contribution in [-0.2, 0) is 6.54 Å². The van der Waals surface area contributed by atoms with Crippen molar-refractivity contribution in [3.8, 4) is 5.75 Å². The van der Waals surface area contributed by atoms with Crippen LogP contribution >= 0.6 is 11.8 Å². The van der Waals surface area contributed by atoms with Crippen LogP contribution in [0.3, 0.4) is 0 Å². The first-order valence-corrected chi connectivity index (χ1v) is 11.7. The Bertz CT molecular complexity index is 1070. The summed E-state index contributed by atoms with van der Waals surface area (Å²) in [5.74, 6) is 0.762. The number of nitrogens with zero attached hydrogens (tertiary/aromatic N) is 3. The number of aromatic nitrogens is 1. The van der Waals surface area contributed by atoms with Gasteiger partial charge in [-0.2, -0.15) is 0 Å². The molecule has 1 aliphatic rings. The van der Waals surface area contributed by atoms with E-state index in [4.69, 9.17) is 4.42 Å². The molecule has 0 aliphatic carbocycles. The Labute approximate surface area is 187 Å². The molecule has 164 valence electrons. The van der Waals surface area contributed by atoms with Gasteiger partial charge in [-0.05, 0) is 56.1 Å². The van der Waals surface area contributed by atoms with Crippen molar-refractivity contribution in [3.05, 3.63) is 81.7 Å². The molecule has 1 N–H and O–H groups in total. The monoisotopic (exact) mass is 439 g/mol. The summed E-state index contributed by atoms with van der Waals surface area (Å²) in [6.07, 6.45) is 3.66. The molecule has 0 radical (unpaired) electrons. The van der Waals surface area contributed by atoms with Gasteiger partial charge in [0.15, 0.2) is 0 Å². The van der Waals surface area contributed by atoms with E-state index in [0.29, 0.717) is 23.6 Å². The quantitative estimate of drug-likeness (QED) is 0.593. The van der Waals surface area contributed by atoms with Gasteiger partial charge in [-0.25, -0.2) is 0 Å². The summed E-state index contributed by atoms with van der Waals surface area (Å²) in [5, 5.41) is 11.0. The van der Waals surface area contributed by atoms with Crippen molar-refractivity contribution < 1.29 is 9.52 Å². The van der Waals surface area contributed by atoms with Gasteiger partial charge in [-0.15, -0.1) is 11.8 Å². The third-order valence-electron chi connectivity index (χ3n) is 6.02. The van der Waals surface area contributed by atoms with Crippen LogP contribution in [-0.4, -0.2) is 59.0 Å². The SMILES string of the molecule is CSc1ccc(C(c2c(O)cc(C)n(Cc3ccco3)c2=O)N2CCN(C)CC2)cc1. The predicted molar refractivity (Wildman–Crippen MR) is 124 cm³/mol. The zero-order valence-electron chi connectivity index (χ0n) is 18.2. The number of piperazine rings is 1. The minimum atomic E-state index is -0.305. The molecule has 2 aromatic heterocycles. The number of thioether (sulfide) groups is 1. The number of furan rings is 1. The van der Waals surface area contributed by atoms with E-state index in [1.54, 1.807) is 28.7 Å². The van der Waals surface area contributed by atoms with Crippen LogP contribution < -0.4 is 5.56 Å². The van der Waals surface area contributed by atoms with Crippen molar-refractivity contribution in [2.75, 3.05) is 39.5 Å². The Morgan fingerprint density at radius 2 is 1.84 bits per heavy atom. The second-order valence-corrected chi connectivity index (χ2v) is 8.95. The minimum absolute atomic E-state index is 0.0519. The average Bonchev–Trinajstić information content (AvgIpc) is 3.28. The molecule has 1 unspecified atom stereocenters. The van der Waals surface area contributed by atoms with Gasteiger partial charge in [-0.1, -0.05) is 12.1 Å². The summed E-state index contributed by atoms with van der Waals surface area (Å²) < 4.78 is 7.16. The largest absolute Gasteiger partial charge is 0.507 e. The van der Waals surface area contributed by atoms with E-state index in [2.05, 4.69) is 41.1 Å². The third kappa shape index (κ3) is 4.59. The molecule has 3 heterocycles. The van der Waals surface area contributed by atoms with Gasteiger partial charge < -0.3 is 19.0 Å².